The molecule has 0 aliphatic heterocycles. The number of amides is 1. The first kappa shape index (κ1) is 20.4. The van der Waals surface area contributed by atoms with E-state index in [-0.39, 0.29) is 22.6 Å². The average Bonchev–Trinajstić information content (AvgIpc) is 3.13. The minimum atomic E-state index is -3.34. The lowest BCUT2D eigenvalue weighted by molar-refractivity contribution is -0.142. The number of rotatable bonds is 8. The normalized spacial score (nSPS) is 16.6. The fourth-order valence-corrected chi connectivity index (χ4v) is 5.20. The predicted octanol–water partition coefficient (Wildman–Crippen LogP) is 2.88. The van der Waals surface area contributed by atoms with Crippen molar-refractivity contribution in [3.05, 3.63) is 29.8 Å². The highest BCUT2D eigenvalue weighted by atomic mass is 32.2. The monoisotopic (exact) mass is 381 g/mol. The lowest BCUT2D eigenvalue weighted by Gasteiger charge is -2.15. The van der Waals surface area contributed by atoms with Gasteiger partial charge >= 0.3 is 5.97 Å². The molecule has 1 aromatic rings. The summed E-state index contributed by atoms with van der Waals surface area (Å²) in [5, 5.41) is 11.5. The molecule has 1 unspecified atom stereocenters. The molecule has 1 aromatic carbocycles. The number of carbonyl (C=O) groups is 2. The Labute approximate surface area is 154 Å². The summed E-state index contributed by atoms with van der Waals surface area (Å²) in [6, 6.07) is 5.89. The number of hydrogen-bond acceptors (Lipinski definition) is 4. The van der Waals surface area contributed by atoms with E-state index < -0.39 is 27.6 Å². The lowest BCUT2D eigenvalue weighted by Crippen LogP contribution is -2.33. The molecule has 26 heavy (non-hydrogen) atoms. The zero-order valence-electron chi connectivity index (χ0n) is 15.3. The number of carboxylic acids is 1. The van der Waals surface area contributed by atoms with Gasteiger partial charge in [0.1, 0.15) is 0 Å². The van der Waals surface area contributed by atoms with E-state index in [2.05, 4.69) is 5.32 Å². The largest absolute Gasteiger partial charge is 0.481 e. The van der Waals surface area contributed by atoms with Crippen molar-refractivity contribution in [1.82, 2.24) is 5.32 Å². The Kier molecular flexibility index (Phi) is 6.81. The fraction of sp³-hybridized carbons (Fsp3) is 0.579. The van der Waals surface area contributed by atoms with E-state index >= 15 is 0 Å². The summed E-state index contributed by atoms with van der Waals surface area (Å²) in [4.78, 5) is 23.7. The number of hydrogen-bond donors (Lipinski definition) is 2. The number of aliphatic carboxylic acids is 1. The van der Waals surface area contributed by atoms with Crippen LogP contribution in [0.5, 0.6) is 0 Å². The van der Waals surface area contributed by atoms with E-state index in [1.54, 1.807) is 0 Å². The van der Waals surface area contributed by atoms with Crippen molar-refractivity contribution in [3.63, 3.8) is 0 Å². The number of nitrogens with one attached hydrogen (secondary N) is 1. The van der Waals surface area contributed by atoms with Crippen molar-refractivity contribution in [1.29, 1.82) is 0 Å². The fourth-order valence-electron chi connectivity index (χ4n) is 3.35. The van der Waals surface area contributed by atoms with Gasteiger partial charge in [-0.1, -0.05) is 26.7 Å². The van der Waals surface area contributed by atoms with Crippen LogP contribution in [0.2, 0.25) is 0 Å². The van der Waals surface area contributed by atoms with Crippen LogP contribution < -0.4 is 5.32 Å². The minimum absolute atomic E-state index is 0.0501. The van der Waals surface area contributed by atoms with Gasteiger partial charge in [0.05, 0.1) is 16.1 Å². The number of benzene rings is 1. The van der Waals surface area contributed by atoms with Crippen LogP contribution in [0.15, 0.2) is 29.2 Å². The third-order valence-corrected chi connectivity index (χ3v) is 7.08. The van der Waals surface area contributed by atoms with E-state index in [9.17, 15) is 23.1 Å². The molecule has 1 aliphatic rings. The Morgan fingerprint density at radius 2 is 1.73 bits per heavy atom. The molecule has 0 aromatic heterocycles. The van der Waals surface area contributed by atoms with Crippen LogP contribution in [-0.2, 0) is 14.6 Å². The van der Waals surface area contributed by atoms with E-state index in [1.807, 2.05) is 13.8 Å². The van der Waals surface area contributed by atoms with Crippen LogP contribution in [0.3, 0.4) is 0 Å². The first-order valence-electron chi connectivity index (χ1n) is 9.06. The number of carbonyl (C=O) groups excluding carboxylic acids is 1. The molecule has 0 heterocycles. The van der Waals surface area contributed by atoms with Crippen LogP contribution in [0.25, 0.3) is 0 Å². The zero-order chi connectivity index (χ0) is 19.3. The molecule has 7 heteroatoms. The smallest absolute Gasteiger partial charge is 0.308 e. The highest BCUT2D eigenvalue weighted by Crippen LogP contribution is 2.29. The van der Waals surface area contributed by atoms with Gasteiger partial charge < -0.3 is 10.4 Å². The van der Waals surface area contributed by atoms with Gasteiger partial charge in [-0.05, 0) is 49.4 Å². The number of carboxylic acid groups (broad SMARTS) is 1. The van der Waals surface area contributed by atoms with E-state index in [1.165, 1.54) is 24.3 Å². The standard InChI is InChI=1S/C19H27NO5S/c1-13(2)11-15(19(22)23)12-20-18(21)14-7-9-17(10-8-14)26(24,25)16-5-3-4-6-16/h7-10,13,15-16H,3-6,11-12H2,1-2H3,(H,20,21)(H,22,23). The molecule has 144 valence electrons. The van der Waals surface area contributed by atoms with Gasteiger partial charge in [0.15, 0.2) is 9.84 Å². The molecule has 1 fully saturated rings. The lowest BCUT2D eigenvalue weighted by atomic mass is 9.97. The first-order valence-corrected chi connectivity index (χ1v) is 10.6. The summed E-state index contributed by atoms with van der Waals surface area (Å²) in [7, 11) is -3.34. The minimum Gasteiger partial charge on any atom is -0.481 e. The van der Waals surface area contributed by atoms with Gasteiger partial charge in [0.2, 0.25) is 0 Å². The molecule has 2 N–H and O–H groups in total. The zero-order valence-corrected chi connectivity index (χ0v) is 16.1. The van der Waals surface area contributed by atoms with Crippen LogP contribution in [0.1, 0.15) is 56.3 Å². The van der Waals surface area contributed by atoms with E-state index in [0.29, 0.717) is 24.8 Å². The summed E-state index contributed by atoms with van der Waals surface area (Å²) in [6.07, 6.45) is 3.74. The molecular weight excluding hydrogens is 354 g/mol. The summed E-state index contributed by atoms with van der Waals surface area (Å²) in [5.41, 5.74) is 0.323. The molecule has 0 saturated heterocycles. The Bertz CT molecular complexity index is 734. The maximum Gasteiger partial charge on any atom is 0.308 e. The first-order chi connectivity index (χ1) is 12.2. The Balaban J connectivity index is 2.01. The van der Waals surface area contributed by atoms with Crippen molar-refractivity contribution in [2.75, 3.05) is 6.54 Å². The quantitative estimate of drug-likeness (QED) is 0.721. The molecule has 0 radical (unpaired) electrons. The second kappa shape index (κ2) is 8.66. The van der Waals surface area contributed by atoms with E-state index in [0.717, 1.165) is 12.8 Å². The van der Waals surface area contributed by atoms with Gasteiger partial charge in [-0.25, -0.2) is 8.42 Å². The molecule has 0 bridgehead atoms. The topological polar surface area (TPSA) is 101 Å². The molecule has 1 aliphatic carbocycles. The van der Waals surface area contributed by atoms with Gasteiger partial charge in [-0.3, -0.25) is 9.59 Å². The van der Waals surface area contributed by atoms with Crippen molar-refractivity contribution in [2.45, 2.75) is 56.1 Å². The summed E-state index contributed by atoms with van der Waals surface area (Å²) in [5.74, 6) is -1.75. The molecule has 1 atom stereocenters. The second-order valence-corrected chi connectivity index (χ2v) is 9.58. The molecule has 1 saturated carbocycles. The summed E-state index contributed by atoms with van der Waals surface area (Å²) >= 11 is 0. The Morgan fingerprint density at radius 3 is 2.23 bits per heavy atom. The van der Waals surface area contributed by atoms with Crippen molar-refractivity contribution in [2.24, 2.45) is 11.8 Å². The third kappa shape index (κ3) is 5.06. The van der Waals surface area contributed by atoms with Crippen LogP contribution >= 0.6 is 0 Å². The molecule has 6 nitrogen and oxygen atoms in total. The van der Waals surface area contributed by atoms with Gasteiger partial charge in [-0.15, -0.1) is 0 Å². The Morgan fingerprint density at radius 1 is 1.15 bits per heavy atom. The molecule has 1 amide bonds. The highest BCUT2D eigenvalue weighted by molar-refractivity contribution is 7.92. The molecule has 2 rings (SSSR count). The van der Waals surface area contributed by atoms with Gasteiger partial charge in [0, 0.05) is 12.1 Å². The Hall–Kier alpha value is -1.89. The van der Waals surface area contributed by atoms with Crippen molar-refractivity contribution in [3.8, 4) is 0 Å². The maximum absolute atomic E-state index is 12.5. The maximum atomic E-state index is 12.5. The predicted molar refractivity (Wildman–Crippen MR) is 98.8 cm³/mol. The SMILES string of the molecule is CC(C)CC(CNC(=O)c1ccc(S(=O)(=O)C2CCCC2)cc1)C(=O)O. The average molecular weight is 381 g/mol. The van der Waals surface area contributed by atoms with Gasteiger partial charge in [-0.2, -0.15) is 0 Å². The summed E-state index contributed by atoms with van der Waals surface area (Å²) in [6.45, 7) is 3.91. The second-order valence-electron chi connectivity index (χ2n) is 7.35. The van der Waals surface area contributed by atoms with Gasteiger partial charge in [0.25, 0.3) is 5.91 Å². The molecule has 0 spiro atoms. The van der Waals surface area contributed by atoms with Crippen molar-refractivity contribution >= 4 is 21.7 Å². The van der Waals surface area contributed by atoms with Crippen LogP contribution in [0, 0.1) is 11.8 Å². The van der Waals surface area contributed by atoms with Crippen LogP contribution in [0.4, 0.5) is 0 Å². The van der Waals surface area contributed by atoms with Crippen LogP contribution in [-0.4, -0.2) is 37.2 Å². The number of sulfone groups is 1. The molecular formula is C19H27NO5S. The van der Waals surface area contributed by atoms with Crippen molar-refractivity contribution < 1.29 is 23.1 Å². The summed E-state index contributed by atoms with van der Waals surface area (Å²) < 4.78 is 25.1. The van der Waals surface area contributed by atoms with E-state index in [4.69, 9.17) is 0 Å². The highest BCUT2D eigenvalue weighted by Gasteiger charge is 2.30. The third-order valence-electron chi connectivity index (χ3n) is 4.80.